The molecular weight excluding hydrogens is 163 g/mol. The van der Waals surface area contributed by atoms with Crippen LogP contribution in [0.15, 0.2) is 0 Å². The number of halogens is 1. The van der Waals surface area contributed by atoms with Crippen molar-refractivity contribution in [3.05, 3.63) is 0 Å². The van der Waals surface area contributed by atoms with E-state index in [9.17, 15) is 14.6 Å². The molecule has 0 amide bonds. The highest BCUT2D eigenvalue weighted by atomic mass is 19.1. The second kappa shape index (κ2) is 3.68. The number of ether oxygens (including phenoxy) is 1. The molecule has 4 heteroatoms. The van der Waals surface area contributed by atoms with Crippen molar-refractivity contribution in [2.24, 2.45) is 5.92 Å². The van der Waals surface area contributed by atoms with Crippen LogP contribution in [-0.4, -0.2) is 41.3 Å². The van der Waals surface area contributed by atoms with E-state index >= 15 is 0 Å². The highest BCUT2D eigenvalue weighted by Crippen LogP contribution is 2.25. The van der Waals surface area contributed by atoms with Crippen LogP contribution < -0.4 is 0 Å². The molecule has 1 aliphatic heterocycles. The zero-order chi connectivity index (χ0) is 9.30. The molecule has 0 saturated carbocycles. The average molecular weight is 178 g/mol. The number of hydrogen-bond donors (Lipinski definition) is 2. The lowest BCUT2D eigenvalue weighted by Gasteiger charge is -2.39. The SMILES string of the molecule is C[C@@H]1[C@@H](O)[C@H](C)O[C@H](CF)[C@H]1O. The summed E-state index contributed by atoms with van der Waals surface area (Å²) in [6.07, 6.45) is -2.79. The Labute approximate surface area is 71.2 Å². The van der Waals surface area contributed by atoms with Gasteiger partial charge in [-0.15, -0.1) is 0 Å². The molecule has 0 unspecified atom stereocenters. The van der Waals surface area contributed by atoms with Crippen molar-refractivity contribution in [3.8, 4) is 0 Å². The fraction of sp³-hybridized carbons (Fsp3) is 1.00. The molecule has 0 aliphatic carbocycles. The van der Waals surface area contributed by atoms with Crippen LogP contribution in [-0.2, 0) is 4.74 Å². The molecule has 0 aromatic carbocycles. The minimum atomic E-state index is -0.902. The highest BCUT2D eigenvalue weighted by Gasteiger charge is 2.39. The van der Waals surface area contributed by atoms with Gasteiger partial charge in [0.05, 0.1) is 18.3 Å². The Morgan fingerprint density at radius 2 is 1.83 bits per heavy atom. The second-order valence-electron chi connectivity index (χ2n) is 3.37. The average Bonchev–Trinajstić information content (AvgIpc) is 2.08. The van der Waals surface area contributed by atoms with E-state index in [1.54, 1.807) is 13.8 Å². The summed E-state index contributed by atoms with van der Waals surface area (Å²) in [5.41, 5.74) is 0. The molecule has 0 aromatic heterocycles. The summed E-state index contributed by atoms with van der Waals surface area (Å²) < 4.78 is 17.3. The van der Waals surface area contributed by atoms with E-state index in [1.165, 1.54) is 0 Å². The predicted octanol–water partition coefficient (Wildman–Crippen LogP) is 0.101. The first-order valence-corrected chi connectivity index (χ1v) is 4.15. The van der Waals surface area contributed by atoms with E-state index in [4.69, 9.17) is 4.74 Å². The molecular formula is C8H15FO3. The van der Waals surface area contributed by atoms with Crippen LogP contribution in [0, 0.1) is 5.92 Å². The number of rotatable bonds is 1. The first-order chi connectivity index (χ1) is 5.57. The molecule has 1 aliphatic rings. The van der Waals surface area contributed by atoms with Crippen LogP contribution in [0.2, 0.25) is 0 Å². The van der Waals surface area contributed by atoms with Gasteiger partial charge >= 0.3 is 0 Å². The predicted molar refractivity (Wildman–Crippen MR) is 41.5 cm³/mol. The van der Waals surface area contributed by atoms with Crippen molar-refractivity contribution in [2.75, 3.05) is 6.67 Å². The summed E-state index contributed by atoms with van der Waals surface area (Å²) in [6.45, 7) is 2.66. The normalized spacial score (nSPS) is 49.2. The van der Waals surface area contributed by atoms with Crippen molar-refractivity contribution in [1.82, 2.24) is 0 Å². The fourth-order valence-corrected chi connectivity index (χ4v) is 1.53. The Hall–Kier alpha value is -0.190. The van der Waals surface area contributed by atoms with Gasteiger partial charge in [-0.1, -0.05) is 6.92 Å². The largest absolute Gasteiger partial charge is 0.390 e. The first-order valence-electron chi connectivity index (χ1n) is 4.15. The molecule has 1 saturated heterocycles. The van der Waals surface area contributed by atoms with Crippen molar-refractivity contribution in [1.29, 1.82) is 0 Å². The van der Waals surface area contributed by atoms with Crippen LogP contribution in [0.5, 0.6) is 0 Å². The lowest BCUT2D eigenvalue weighted by molar-refractivity contribution is -0.193. The Balaban J connectivity index is 2.63. The fourth-order valence-electron chi connectivity index (χ4n) is 1.53. The van der Waals surface area contributed by atoms with Crippen LogP contribution in [0.25, 0.3) is 0 Å². The van der Waals surface area contributed by atoms with Gasteiger partial charge < -0.3 is 14.9 Å². The van der Waals surface area contributed by atoms with E-state index in [0.29, 0.717) is 0 Å². The summed E-state index contributed by atoms with van der Waals surface area (Å²) in [4.78, 5) is 0. The van der Waals surface area contributed by atoms with Gasteiger partial charge in [-0.2, -0.15) is 0 Å². The summed E-state index contributed by atoms with van der Waals surface area (Å²) in [5.74, 6) is -0.325. The first kappa shape index (κ1) is 9.89. The number of aliphatic hydroxyl groups is 2. The molecule has 1 rings (SSSR count). The second-order valence-corrected chi connectivity index (χ2v) is 3.37. The lowest BCUT2D eigenvalue weighted by atomic mass is 9.88. The van der Waals surface area contributed by atoms with Crippen molar-refractivity contribution in [3.63, 3.8) is 0 Å². The van der Waals surface area contributed by atoms with E-state index in [0.717, 1.165) is 0 Å². The zero-order valence-corrected chi connectivity index (χ0v) is 7.27. The maximum absolute atomic E-state index is 12.2. The van der Waals surface area contributed by atoms with Gasteiger partial charge in [-0.25, -0.2) is 4.39 Å². The van der Waals surface area contributed by atoms with Crippen LogP contribution in [0.4, 0.5) is 4.39 Å². The minimum Gasteiger partial charge on any atom is -0.390 e. The van der Waals surface area contributed by atoms with Gasteiger partial charge in [0.15, 0.2) is 0 Å². The molecule has 1 heterocycles. The Morgan fingerprint density at radius 3 is 2.33 bits per heavy atom. The molecule has 5 atom stereocenters. The number of aliphatic hydroxyl groups excluding tert-OH is 2. The highest BCUT2D eigenvalue weighted by molar-refractivity contribution is 4.87. The summed E-state index contributed by atoms with van der Waals surface area (Å²) in [7, 11) is 0. The molecule has 12 heavy (non-hydrogen) atoms. The quantitative estimate of drug-likeness (QED) is 0.598. The Morgan fingerprint density at radius 1 is 1.25 bits per heavy atom. The molecule has 0 aromatic rings. The van der Waals surface area contributed by atoms with E-state index in [1.807, 2.05) is 0 Å². The van der Waals surface area contributed by atoms with Crippen LogP contribution in [0.1, 0.15) is 13.8 Å². The maximum atomic E-state index is 12.2. The van der Waals surface area contributed by atoms with Crippen LogP contribution >= 0.6 is 0 Å². The Kier molecular flexibility index (Phi) is 3.04. The third-order valence-electron chi connectivity index (χ3n) is 2.48. The zero-order valence-electron chi connectivity index (χ0n) is 7.27. The van der Waals surface area contributed by atoms with Gasteiger partial charge in [-0.3, -0.25) is 0 Å². The molecule has 0 bridgehead atoms. The third kappa shape index (κ3) is 1.60. The van der Waals surface area contributed by atoms with Gasteiger partial charge in [0.25, 0.3) is 0 Å². The monoisotopic (exact) mass is 178 g/mol. The van der Waals surface area contributed by atoms with Crippen molar-refractivity contribution >= 4 is 0 Å². The van der Waals surface area contributed by atoms with Crippen LogP contribution in [0.3, 0.4) is 0 Å². The third-order valence-corrected chi connectivity index (χ3v) is 2.48. The summed E-state index contributed by atoms with van der Waals surface area (Å²) in [6, 6.07) is 0. The molecule has 72 valence electrons. The minimum absolute atomic E-state index is 0.325. The summed E-state index contributed by atoms with van der Waals surface area (Å²) >= 11 is 0. The van der Waals surface area contributed by atoms with Gasteiger partial charge in [0, 0.05) is 5.92 Å². The van der Waals surface area contributed by atoms with E-state index in [-0.39, 0.29) is 5.92 Å². The standard InChI is InChI=1S/C8H15FO3/c1-4-7(10)5(2)12-6(3-9)8(4)11/h4-8,10-11H,3H2,1-2H3/t4-,5+,6-,7-,8+/m1/s1. The lowest BCUT2D eigenvalue weighted by Crippen LogP contribution is -2.52. The van der Waals surface area contributed by atoms with E-state index in [2.05, 4.69) is 0 Å². The summed E-state index contributed by atoms with van der Waals surface area (Å²) in [5, 5.41) is 18.8. The molecule has 0 radical (unpaired) electrons. The topological polar surface area (TPSA) is 49.7 Å². The van der Waals surface area contributed by atoms with Crippen molar-refractivity contribution < 1.29 is 19.3 Å². The molecule has 0 spiro atoms. The van der Waals surface area contributed by atoms with Gasteiger partial charge in [0.2, 0.25) is 0 Å². The van der Waals surface area contributed by atoms with Gasteiger partial charge in [-0.05, 0) is 6.92 Å². The van der Waals surface area contributed by atoms with E-state index < -0.39 is 31.1 Å². The Bertz CT molecular complexity index is 148. The number of alkyl halides is 1. The van der Waals surface area contributed by atoms with Gasteiger partial charge in [0.1, 0.15) is 12.8 Å². The molecule has 3 nitrogen and oxygen atoms in total. The molecule has 1 fully saturated rings. The smallest absolute Gasteiger partial charge is 0.118 e. The van der Waals surface area contributed by atoms with Crippen molar-refractivity contribution in [2.45, 2.75) is 38.3 Å². The number of hydrogen-bond acceptors (Lipinski definition) is 3. The maximum Gasteiger partial charge on any atom is 0.118 e. The molecule has 2 N–H and O–H groups in total.